The molecule has 4 nitrogen and oxygen atoms in total. The van der Waals surface area contributed by atoms with E-state index in [-0.39, 0.29) is 5.91 Å². The van der Waals surface area contributed by atoms with Crippen molar-refractivity contribution in [2.75, 3.05) is 0 Å². The van der Waals surface area contributed by atoms with Crippen LogP contribution in [0.25, 0.3) is 5.69 Å². The predicted octanol–water partition coefficient (Wildman–Crippen LogP) is 4.39. The third-order valence-corrected chi connectivity index (χ3v) is 4.66. The third-order valence-electron chi connectivity index (χ3n) is 4.42. The normalized spacial score (nSPS) is 10.7. The summed E-state index contributed by atoms with van der Waals surface area (Å²) in [6, 6.07) is 17.5. The molecule has 0 spiro atoms. The van der Waals surface area contributed by atoms with Crippen LogP contribution in [-0.4, -0.2) is 15.7 Å². The van der Waals surface area contributed by atoms with Gasteiger partial charge in [-0.05, 0) is 55.7 Å². The minimum absolute atomic E-state index is 0.0243. The van der Waals surface area contributed by atoms with Crippen LogP contribution in [0.2, 0.25) is 5.02 Å². The lowest BCUT2D eigenvalue weighted by atomic mass is 10.1. The number of para-hydroxylation sites is 1. The van der Waals surface area contributed by atoms with Crippen molar-refractivity contribution >= 4 is 17.5 Å². The fraction of sp³-hybridized carbons (Fsp3) is 0.238. The largest absolute Gasteiger partial charge is 0.352 e. The number of carbonyl (C=O) groups is 1. The van der Waals surface area contributed by atoms with Crippen LogP contribution in [0.5, 0.6) is 0 Å². The molecule has 3 rings (SSSR count). The van der Waals surface area contributed by atoms with Crippen LogP contribution in [-0.2, 0) is 17.8 Å². The second-order valence-electron chi connectivity index (χ2n) is 6.30. The van der Waals surface area contributed by atoms with Gasteiger partial charge in [-0.1, -0.05) is 41.9 Å². The maximum atomic E-state index is 12.2. The van der Waals surface area contributed by atoms with Crippen molar-refractivity contribution < 1.29 is 4.79 Å². The van der Waals surface area contributed by atoms with E-state index in [2.05, 4.69) is 10.4 Å². The number of amides is 1. The van der Waals surface area contributed by atoms with Crippen LogP contribution in [0.15, 0.2) is 54.6 Å². The van der Waals surface area contributed by atoms with Crippen molar-refractivity contribution in [3.8, 4) is 5.69 Å². The van der Waals surface area contributed by atoms with Gasteiger partial charge in [-0.25, -0.2) is 4.68 Å². The van der Waals surface area contributed by atoms with Crippen LogP contribution >= 0.6 is 11.6 Å². The van der Waals surface area contributed by atoms with Crippen LogP contribution in [0, 0.1) is 13.8 Å². The summed E-state index contributed by atoms with van der Waals surface area (Å²) in [7, 11) is 0. The fourth-order valence-electron chi connectivity index (χ4n) is 3.03. The number of aromatic nitrogens is 2. The Kier molecular flexibility index (Phi) is 5.74. The highest BCUT2D eigenvalue weighted by Crippen LogP contribution is 2.19. The van der Waals surface area contributed by atoms with Gasteiger partial charge in [0.1, 0.15) is 0 Å². The lowest BCUT2D eigenvalue weighted by Gasteiger charge is -2.07. The van der Waals surface area contributed by atoms with E-state index in [1.807, 2.05) is 73.1 Å². The standard InChI is InChI=1S/C21H22ClN3O/c1-15-20(16(2)25(24-15)19-9-4-3-5-10-19)11-12-21(26)23-14-17-7-6-8-18(22)13-17/h3-10,13H,11-12,14H2,1-2H3,(H,23,26). The van der Waals surface area contributed by atoms with Crippen molar-refractivity contribution in [1.29, 1.82) is 0 Å². The molecule has 0 fully saturated rings. The first-order valence-electron chi connectivity index (χ1n) is 8.66. The van der Waals surface area contributed by atoms with Crippen molar-refractivity contribution in [3.63, 3.8) is 0 Å². The molecule has 1 N–H and O–H groups in total. The molecule has 0 saturated heterocycles. The molecule has 0 aliphatic rings. The second kappa shape index (κ2) is 8.19. The summed E-state index contributed by atoms with van der Waals surface area (Å²) in [5.74, 6) is 0.0243. The van der Waals surface area contributed by atoms with Crippen molar-refractivity contribution in [2.45, 2.75) is 33.2 Å². The predicted molar refractivity (Wildman–Crippen MR) is 105 cm³/mol. The van der Waals surface area contributed by atoms with Crippen molar-refractivity contribution in [2.24, 2.45) is 0 Å². The Hall–Kier alpha value is -2.59. The smallest absolute Gasteiger partial charge is 0.220 e. The molecule has 5 heteroatoms. The first-order valence-corrected chi connectivity index (χ1v) is 9.04. The number of carbonyl (C=O) groups excluding carboxylic acids is 1. The number of hydrogen-bond donors (Lipinski definition) is 1. The Morgan fingerprint density at radius 3 is 2.62 bits per heavy atom. The Morgan fingerprint density at radius 2 is 1.88 bits per heavy atom. The van der Waals surface area contributed by atoms with E-state index in [4.69, 9.17) is 11.6 Å². The molecular weight excluding hydrogens is 346 g/mol. The molecule has 134 valence electrons. The Balaban J connectivity index is 1.61. The van der Waals surface area contributed by atoms with Gasteiger partial charge >= 0.3 is 0 Å². The molecular formula is C21H22ClN3O. The number of aryl methyl sites for hydroxylation is 1. The number of nitrogens with zero attached hydrogens (tertiary/aromatic N) is 2. The molecule has 2 aromatic carbocycles. The van der Waals surface area contributed by atoms with Crippen LogP contribution in [0.3, 0.4) is 0 Å². The molecule has 3 aromatic rings. The van der Waals surface area contributed by atoms with E-state index < -0.39 is 0 Å². The molecule has 0 bridgehead atoms. The van der Waals surface area contributed by atoms with Gasteiger partial charge in [-0.3, -0.25) is 4.79 Å². The van der Waals surface area contributed by atoms with E-state index in [9.17, 15) is 4.79 Å². The topological polar surface area (TPSA) is 46.9 Å². The quantitative estimate of drug-likeness (QED) is 0.702. The van der Waals surface area contributed by atoms with E-state index in [1.54, 1.807) is 0 Å². The summed E-state index contributed by atoms with van der Waals surface area (Å²) >= 11 is 5.97. The van der Waals surface area contributed by atoms with Crippen molar-refractivity contribution in [3.05, 3.63) is 82.1 Å². The van der Waals surface area contributed by atoms with Gasteiger partial charge in [-0.2, -0.15) is 5.10 Å². The number of halogens is 1. The zero-order valence-corrected chi connectivity index (χ0v) is 15.8. The van der Waals surface area contributed by atoms with E-state index in [0.29, 0.717) is 24.4 Å². The summed E-state index contributed by atoms with van der Waals surface area (Å²) in [6.07, 6.45) is 1.11. The molecule has 1 aromatic heterocycles. The van der Waals surface area contributed by atoms with E-state index in [1.165, 1.54) is 0 Å². The highest BCUT2D eigenvalue weighted by atomic mass is 35.5. The number of hydrogen-bond acceptors (Lipinski definition) is 2. The van der Waals surface area contributed by atoms with Gasteiger partial charge in [0.05, 0.1) is 11.4 Å². The van der Waals surface area contributed by atoms with Crippen LogP contribution in [0.1, 0.15) is 28.9 Å². The zero-order chi connectivity index (χ0) is 18.5. The second-order valence-corrected chi connectivity index (χ2v) is 6.74. The van der Waals surface area contributed by atoms with E-state index >= 15 is 0 Å². The number of rotatable bonds is 6. The molecule has 0 aliphatic carbocycles. The molecule has 0 atom stereocenters. The van der Waals surface area contributed by atoms with Crippen LogP contribution < -0.4 is 5.32 Å². The summed E-state index contributed by atoms with van der Waals surface area (Å²) in [4.78, 5) is 12.2. The van der Waals surface area contributed by atoms with Gasteiger partial charge in [0.2, 0.25) is 5.91 Å². The molecule has 26 heavy (non-hydrogen) atoms. The summed E-state index contributed by atoms with van der Waals surface area (Å²) in [5, 5.41) is 8.26. The highest BCUT2D eigenvalue weighted by Gasteiger charge is 2.14. The Labute approximate surface area is 158 Å². The average Bonchev–Trinajstić information content (AvgIpc) is 2.93. The Bertz CT molecular complexity index is 903. The lowest BCUT2D eigenvalue weighted by molar-refractivity contribution is -0.121. The summed E-state index contributed by atoms with van der Waals surface area (Å²) in [5.41, 5.74) is 5.21. The zero-order valence-electron chi connectivity index (χ0n) is 15.0. The summed E-state index contributed by atoms with van der Waals surface area (Å²) in [6.45, 7) is 4.53. The van der Waals surface area contributed by atoms with Gasteiger partial charge in [0, 0.05) is 23.7 Å². The minimum atomic E-state index is 0.0243. The molecule has 0 radical (unpaired) electrons. The molecule has 0 saturated carbocycles. The maximum absolute atomic E-state index is 12.2. The van der Waals surface area contributed by atoms with Gasteiger partial charge in [0.25, 0.3) is 0 Å². The monoisotopic (exact) mass is 367 g/mol. The minimum Gasteiger partial charge on any atom is -0.352 e. The van der Waals surface area contributed by atoms with Gasteiger partial charge in [0.15, 0.2) is 0 Å². The maximum Gasteiger partial charge on any atom is 0.220 e. The average molecular weight is 368 g/mol. The molecule has 1 amide bonds. The summed E-state index contributed by atoms with van der Waals surface area (Å²) < 4.78 is 1.94. The third kappa shape index (κ3) is 4.33. The molecule has 0 aliphatic heterocycles. The fourth-order valence-corrected chi connectivity index (χ4v) is 3.24. The van der Waals surface area contributed by atoms with E-state index in [0.717, 1.165) is 28.2 Å². The van der Waals surface area contributed by atoms with Crippen LogP contribution in [0.4, 0.5) is 0 Å². The van der Waals surface area contributed by atoms with Gasteiger partial charge < -0.3 is 5.32 Å². The first kappa shape index (κ1) is 18.2. The molecule has 1 heterocycles. The lowest BCUT2D eigenvalue weighted by Crippen LogP contribution is -2.23. The number of nitrogens with one attached hydrogen (secondary N) is 1. The Morgan fingerprint density at radius 1 is 1.12 bits per heavy atom. The SMILES string of the molecule is Cc1nn(-c2ccccc2)c(C)c1CCC(=O)NCc1cccc(Cl)c1. The first-order chi connectivity index (χ1) is 12.5. The number of benzene rings is 2. The van der Waals surface area contributed by atoms with Crippen molar-refractivity contribution in [1.82, 2.24) is 15.1 Å². The van der Waals surface area contributed by atoms with Gasteiger partial charge in [-0.15, -0.1) is 0 Å². The highest BCUT2D eigenvalue weighted by molar-refractivity contribution is 6.30. The molecule has 0 unspecified atom stereocenters.